The quantitative estimate of drug-likeness (QED) is 0.749. The van der Waals surface area contributed by atoms with Crippen molar-refractivity contribution in [1.82, 2.24) is 0 Å². The zero-order valence-corrected chi connectivity index (χ0v) is 9.72. The minimum atomic E-state index is -0.281. The summed E-state index contributed by atoms with van der Waals surface area (Å²) in [5.74, 6) is 0.627. The molecule has 0 aromatic carbocycles. The van der Waals surface area contributed by atoms with E-state index in [-0.39, 0.29) is 17.8 Å². The second kappa shape index (κ2) is 3.76. The van der Waals surface area contributed by atoms with Gasteiger partial charge in [0.15, 0.2) is 11.9 Å². The van der Waals surface area contributed by atoms with Gasteiger partial charge in [-0.25, -0.2) is 0 Å². The van der Waals surface area contributed by atoms with E-state index in [1.165, 1.54) is 6.26 Å². The van der Waals surface area contributed by atoms with Gasteiger partial charge in [0.1, 0.15) is 12.0 Å². The normalized spacial score (nSPS) is 27.0. The Kier molecular flexibility index (Phi) is 2.62. The van der Waals surface area contributed by atoms with Crippen molar-refractivity contribution in [2.75, 3.05) is 0 Å². The molecule has 0 saturated heterocycles. The number of furan rings is 1. The highest BCUT2D eigenvalue weighted by Gasteiger charge is 2.33. The van der Waals surface area contributed by atoms with Crippen LogP contribution in [0.3, 0.4) is 0 Å². The van der Waals surface area contributed by atoms with E-state index < -0.39 is 0 Å². The van der Waals surface area contributed by atoms with Gasteiger partial charge in [-0.2, -0.15) is 0 Å². The first-order chi connectivity index (χ1) is 6.70. The van der Waals surface area contributed by atoms with E-state index in [4.69, 9.17) is 9.15 Å². The van der Waals surface area contributed by atoms with Crippen LogP contribution in [0.5, 0.6) is 0 Å². The van der Waals surface area contributed by atoms with Gasteiger partial charge in [0.25, 0.3) is 0 Å². The fourth-order valence-corrected chi connectivity index (χ4v) is 2.07. The number of halogens is 1. The van der Waals surface area contributed by atoms with Gasteiger partial charge in [-0.3, -0.25) is 4.79 Å². The zero-order chi connectivity index (χ0) is 10.1. The smallest absolute Gasteiger partial charge is 0.179 e. The van der Waals surface area contributed by atoms with Gasteiger partial charge in [-0.05, 0) is 34.7 Å². The molecule has 3 nitrogen and oxygen atoms in total. The molecule has 1 aromatic heterocycles. The molecule has 0 unspecified atom stereocenters. The van der Waals surface area contributed by atoms with Crippen molar-refractivity contribution in [3.63, 3.8) is 0 Å². The van der Waals surface area contributed by atoms with Crippen molar-refractivity contribution in [3.05, 3.63) is 34.0 Å². The average molecular weight is 304 g/mol. The third-order valence-corrected chi connectivity index (χ3v) is 3.03. The van der Waals surface area contributed by atoms with Crippen LogP contribution >= 0.6 is 22.6 Å². The predicted octanol–water partition coefficient (Wildman–Crippen LogP) is 2.83. The number of Topliss-reactive ketones (excluding diaryl/α,β-unsaturated/α-hetero) is 1. The highest BCUT2D eigenvalue weighted by Crippen LogP contribution is 2.34. The summed E-state index contributed by atoms with van der Waals surface area (Å²) in [6.07, 6.45) is 2.80. The number of ketones is 1. The lowest BCUT2D eigenvalue weighted by molar-refractivity contribution is -0.124. The summed E-state index contributed by atoms with van der Waals surface area (Å²) in [5, 5.41) is 0. The molecule has 4 heteroatoms. The molecular formula is C10H9IO3. The molecule has 1 aromatic rings. The molecule has 2 atom stereocenters. The second-order valence-corrected chi connectivity index (χ2v) is 4.35. The van der Waals surface area contributed by atoms with Crippen molar-refractivity contribution < 1.29 is 13.9 Å². The SMILES string of the molecule is C[C@H]1C(=O)C(I)=CO[C@H]1c1ccco1. The highest BCUT2D eigenvalue weighted by molar-refractivity contribution is 14.1. The fraction of sp³-hybridized carbons (Fsp3) is 0.300. The van der Waals surface area contributed by atoms with E-state index in [1.807, 2.05) is 35.6 Å². The van der Waals surface area contributed by atoms with E-state index in [9.17, 15) is 4.79 Å². The van der Waals surface area contributed by atoms with Crippen molar-refractivity contribution in [3.8, 4) is 0 Å². The van der Waals surface area contributed by atoms with Crippen molar-refractivity contribution in [2.24, 2.45) is 5.92 Å². The first-order valence-corrected chi connectivity index (χ1v) is 5.37. The Hall–Kier alpha value is -0.780. The van der Waals surface area contributed by atoms with E-state index in [1.54, 1.807) is 12.3 Å². The molecule has 0 spiro atoms. The van der Waals surface area contributed by atoms with E-state index in [0.717, 1.165) is 0 Å². The summed E-state index contributed by atoms with van der Waals surface area (Å²) in [5.41, 5.74) is 0. The molecule has 0 fully saturated rings. The average Bonchev–Trinajstić information content (AvgIpc) is 2.67. The van der Waals surface area contributed by atoms with Crippen molar-refractivity contribution >= 4 is 28.4 Å². The lowest BCUT2D eigenvalue weighted by atomic mass is 9.96. The van der Waals surface area contributed by atoms with Crippen LogP contribution in [0, 0.1) is 5.92 Å². The van der Waals surface area contributed by atoms with Crippen LogP contribution in [-0.2, 0) is 9.53 Å². The Morgan fingerprint density at radius 1 is 1.50 bits per heavy atom. The minimum absolute atomic E-state index is 0.109. The molecule has 1 aliphatic heterocycles. The second-order valence-electron chi connectivity index (χ2n) is 3.19. The first kappa shape index (κ1) is 9.76. The lowest BCUT2D eigenvalue weighted by Crippen LogP contribution is -2.24. The maximum atomic E-state index is 11.6. The molecule has 14 heavy (non-hydrogen) atoms. The number of hydrogen-bond acceptors (Lipinski definition) is 3. The summed E-state index contributed by atoms with van der Waals surface area (Å²) in [6, 6.07) is 3.61. The number of ether oxygens (including phenoxy) is 1. The largest absolute Gasteiger partial charge is 0.488 e. The van der Waals surface area contributed by atoms with Gasteiger partial charge < -0.3 is 9.15 Å². The van der Waals surface area contributed by atoms with Gasteiger partial charge in [0, 0.05) is 0 Å². The minimum Gasteiger partial charge on any atom is -0.488 e. The van der Waals surface area contributed by atoms with Crippen LogP contribution in [0.4, 0.5) is 0 Å². The molecular weight excluding hydrogens is 295 g/mol. The summed E-state index contributed by atoms with van der Waals surface area (Å²) >= 11 is 1.98. The highest BCUT2D eigenvalue weighted by atomic mass is 127. The fourth-order valence-electron chi connectivity index (χ4n) is 1.43. The molecule has 0 radical (unpaired) electrons. The van der Waals surface area contributed by atoms with Gasteiger partial charge in [-0.15, -0.1) is 0 Å². The van der Waals surface area contributed by atoms with Crippen LogP contribution in [-0.4, -0.2) is 5.78 Å². The Morgan fingerprint density at radius 3 is 2.93 bits per heavy atom. The monoisotopic (exact) mass is 304 g/mol. The molecule has 2 rings (SSSR count). The van der Waals surface area contributed by atoms with E-state index >= 15 is 0 Å². The summed E-state index contributed by atoms with van der Waals surface area (Å²) in [4.78, 5) is 11.6. The Balaban J connectivity index is 2.28. The molecule has 1 aliphatic rings. The Bertz CT molecular complexity index is 367. The molecule has 0 aliphatic carbocycles. The number of carbonyl (C=O) groups excluding carboxylic acids is 1. The summed E-state index contributed by atoms with van der Waals surface area (Å²) < 4.78 is 11.3. The molecule has 74 valence electrons. The molecule has 0 bridgehead atoms. The van der Waals surface area contributed by atoms with Crippen LogP contribution in [0.1, 0.15) is 18.8 Å². The Labute approximate surface area is 95.3 Å². The van der Waals surface area contributed by atoms with Crippen molar-refractivity contribution in [2.45, 2.75) is 13.0 Å². The van der Waals surface area contributed by atoms with Gasteiger partial charge in [0.05, 0.1) is 15.8 Å². The maximum absolute atomic E-state index is 11.6. The molecule has 0 saturated carbocycles. The first-order valence-electron chi connectivity index (χ1n) is 4.29. The molecule has 0 N–H and O–H groups in total. The third-order valence-electron chi connectivity index (χ3n) is 2.24. The summed E-state index contributed by atoms with van der Waals surface area (Å²) in [7, 11) is 0. The third kappa shape index (κ3) is 1.58. The lowest BCUT2D eigenvalue weighted by Gasteiger charge is -2.24. The van der Waals surface area contributed by atoms with Crippen LogP contribution in [0.25, 0.3) is 0 Å². The van der Waals surface area contributed by atoms with Crippen molar-refractivity contribution in [1.29, 1.82) is 0 Å². The van der Waals surface area contributed by atoms with Gasteiger partial charge in [-0.1, -0.05) is 6.92 Å². The van der Waals surface area contributed by atoms with Gasteiger partial charge in [0.2, 0.25) is 0 Å². The number of allylic oxidation sites excluding steroid dienone is 1. The number of hydrogen-bond donors (Lipinski definition) is 0. The molecule has 2 heterocycles. The van der Waals surface area contributed by atoms with Crippen LogP contribution in [0.2, 0.25) is 0 Å². The Morgan fingerprint density at radius 2 is 2.29 bits per heavy atom. The van der Waals surface area contributed by atoms with E-state index in [0.29, 0.717) is 9.34 Å². The topological polar surface area (TPSA) is 39.4 Å². The van der Waals surface area contributed by atoms with Crippen LogP contribution < -0.4 is 0 Å². The maximum Gasteiger partial charge on any atom is 0.179 e. The van der Waals surface area contributed by atoms with Gasteiger partial charge >= 0.3 is 0 Å². The van der Waals surface area contributed by atoms with Crippen LogP contribution in [0.15, 0.2) is 32.7 Å². The standard InChI is InChI=1S/C10H9IO3/c1-6-9(12)7(11)5-14-10(6)8-3-2-4-13-8/h2-6,10H,1H3/t6-,10+/m0/s1. The number of carbonyl (C=O) groups is 1. The molecule has 0 amide bonds. The predicted molar refractivity (Wildman–Crippen MR) is 58.8 cm³/mol. The summed E-state index contributed by atoms with van der Waals surface area (Å²) in [6.45, 7) is 1.85. The zero-order valence-electron chi connectivity index (χ0n) is 7.57. The number of rotatable bonds is 1. The van der Waals surface area contributed by atoms with E-state index in [2.05, 4.69) is 0 Å².